The largest absolute Gasteiger partial charge is 0.457 e. The first-order valence-electron chi connectivity index (χ1n) is 12.1. The highest BCUT2D eigenvalue weighted by atomic mass is 16.6. The van der Waals surface area contributed by atoms with Crippen LogP contribution in [0.4, 0.5) is 11.4 Å². The first-order valence-corrected chi connectivity index (χ1v) is 12.1. The van der Waals surface area contributed by atoms with E-state index in [2.05, 4.69) is 4.98 Å². The molecule has 0 N–H and O–H groups in total. The summed E-state index contributed by atoms with van der Waals surface area (Å²) in [4.78, 5) is 66.5. The molecule has 2 aromatic carbocycles. The van der Waals surface area contributed by atoms with E-state index in [0.29, 0.717) is 27.9 Å². The van der Waals surface area contributed by atoms with Crippen molar-refractivity contribution in [3.8, 4) is 11.4 Å². The van der Waals surface area contributed by atoms with E-state index < -0.39 is 38.6 Å². The molecule has 0 unspecified atom stereocenters. The Morgan fingerprint density at radius 2 is 1.80 bits per heavy atom. The van der Waals surface area contributed by atoms with Crippen molar-refractivity contribution in [2.45, 2.75) is 32.1 Å². The van der Waals surface area contributed by atoms with Crippen molar-refractivity contribution >= 4 is 34.2 Å². The van der Waals surface area contributed by atoms with Crippen LogP contribution in [0, 0.1) is 20.2 Å². The second-order valence-corrected chi connectivity index (χ2v) is 9.33. The van der Waals surface area contributed by atoms with Crippen molar-refractivity contribution in [3.63, 3.8) is 0 Å². The molecule has 6 rings (SSSR count). The number of ether oxygens (including phenoxy) is 2. The van der Waals surface area contributed by atoms with Crippen LogP contribution in [-0.2, 0) is 33.0 Å². The van der Waals surface area contributed by atoms with Gasteiger partial charge in [0, 0.05) is 23.3 Å². The summed E-state index contributed by atoms with van der Waals surface area (Å²) in [7, 11) is 0. The molecule has 40 heavy (non-hydrogen) atoms. The van der Waals surface area contributed by atoms with Crippen LogP contribution in [0.1, 0.15) is 40.4 Å². The Labute approximate surface area is 223 Å². The summed E-state index contributed by atoms with van der Waals surface area (Å²) in [5.41, 5.74) is -1.73. The fourth-order valence-corrected chi connectivity index (χ4v) is 5.32. The van der Waals surface area contributed by atoms with Crippen LogP contribution in [0.2, 0.25) is 0 Å². The van der Waals surface area contributed by atoms with Gasteiger partial charge in [0.1, 0.15) is 12.2 Å². The normalized spacial score (nSPS) is 17.0. The number of aromatic nitrogens is 2. The summed E-state index contributed by atoms with van der Waals surface area (Å²) < 4.78 is 12.4. The van der Waals surface area contributed by atoms with E-state index in [4.69, 9.17) is 9.47 Å². The second kappa shape index (κ2) is 8.80. The predicted molar refractivity (Wildman–Crippen MR) is 137 cm³/mol. The SMILES string of the molecule is CC[C@@]1(OC(=O)c2ccccc2[N+](=O)[O-])C(=O)OCc2c1cc1n(c2=O)Cc2cc3c([N+](=O)[O-])cccc3nc2-1. The van der Waals surface area contributed by atoms with Gasteiger partial charge in [0.2, 0.25) is 5.60 Å². The van der Waals surface area contributed by atoms with E-state index in [1.165, 1.54) is 41.0 Å². The number of nitro groups is 2. The Bertz CT molecular complexity index is 1880. The number of non-ortho nitro benzene ring substituents is 1. The fourth-order valence-electron chi connectivity index (χ4n) is 5.32. The molecule has 0 amide bonds. The number of nitrogens with zero attached hydrogens (tertiary/aromatic N) is 4. The van der Waals surface area contributed by atoms with E-state index in [1.807, 2.05) is 0 Å². The highest BCUT2D eigenvalue weighted by Crippen LogP contribution is 2.42. The van der Waals surface area contributed by atoms with Crippen molar-refractivity contribution in [1.82, 2.24) is 9.55 Å². The predicted octanol–water partition coefficient (Wildman–Crippen LogP) is 3.76. The molecule has 1 atom stereocenters. The molecule has 0 aliphatic carbocycles. The van der Waals surface area contributed by atoms with Gasteiger partial charge in [0.25, 0.3) is 16.9 Å². The van der Waals surface area contributed by atoms with Crippen LogP contribution < -0.4 is 5.56 Å². The average molecular weight is 542 g/mol. The van der Waals surface area contributed by atoms with E-state index >= 15 is 0 Å². The van der Waals surface area contributed by atoms with Crippen LogP contribution in [0.3, 0.4) is 0 Å². The number of hydrogen-bond acceptors (Lipinski definition) is 10. The number of carbonyl (C=O) groups excluding carboxylic acids is 2. The highest BCUT2D eigenvalue weighted by molar-refractivity contribution is 5.97. The van der Waals surface area contributed by atoms with Gasteiger partial charge < -0.3 is 14.0 Å². The maximum Gasteiger partial charge on any atom is 0.355 e. The van der Waals surface area contributed by atoms with Crippen molar-refractivity contribution in [3.05, 3.63) is 107 Å². The van der Waals surface area contributed by atoms with Gasteiger partial charge >= 0.3 is 11.9 Å². The Balaban J connectivity index is 1.52. The summed E-state index contributed by atoms with van der Waals surface area (Å²) in [6.07, 6.45) is -0.127. The van der Waals surface area contributed by atoms with Gasteiger partial charge in [-0.25, -0.2) is 14.6 Å². The number of benzene rings is 2. The molecule has 2 aliphatic heterocycles. The third-order valence-corrected chi connectivity index (χ3v) is 7.28. The molecule has 4 aromatic rings. The zero-order valence-electron chi connectivity index (χ0n) is 20.8. The number of nitro benzene ring substituents is 2. The van der Waals surface area contributed by atoms with Gasteiger partial charge in [0.05, 0.1) is 44.2 Å². The quantitative estimate of drug-likeness (QED) is 0.181. The zero-order valence-corrected chi connectivity index (χ0v) is 20.8. The van der Waals surface area contributed by atoms with Crippen molar-refractivity contribution < 1.29 is 28.9 Å². The summed E-state index contributed by atoms with van der Waals surface area (Å²) in [6.45, 7) is 1.27. The van der Waals surface area contributed by atoms with Crippen LogP contribution in [0.5, 0.6) is 0 Å². The molecular weight excluding hydrogens is 524 g/mol. The van der Waals surface area contributed by atoms with E-state index in [-0.39, 0.29) is 42.0 Å². The molecule has 13 nitrogen and oxygen atoms in total. The lowest BCUT2D eigenvalue weighted by atomic mass is 9.85. The van der Waals surface area contributed by atoms with Crippen LogP contribution in [0.25, 0.3) is 22.3 Å². The van der Waals surface area contributed by atoms with Gasteiger partial charge in [-0.15, -0.1) is 0 Å². The summed E-state index contributed by atoms with van der Waals surface area (Å²) in [6, 6.07) is 12.8. The molecule has 0 radical (unpaired) electrons. The Morgan fingerprint density at radius 1 is 1.07 bits per heavy atom. The van der Waals surface area contributed by atoms with Gasteiger partial charge in [-0.05, 0) is 30.7 Å². The number of carbonyl (C=O) groups is 2. The fraction of sp³-hybridized carbons (Fsp3) is 0.185. The number of rotatable bonds is 5. The lowest BCUT2D eigenvalue weighted by molar-refractivity contribution is -0.385. The zero-order chi connectivity index (χ0) is 28.3. The Hall–Kier alpha value is -5.46. The van der Waals surface area contributed by atoms with Gasteiger partial charge in [0.15, 0.2) is 0 Å². The third-order valence-electron chi connectivity index (χ3n) is 7.28. The van der Waals surface area contributed by atoms with Crippen molar-refractivity contribution in [2.75, 3.05) is 0 Å². The smallest absolute Gasteiger partial charge is 0.355 e. The van der Waals surface area contributed by atoms with Crippen LogP contribution in [0.15, 0.2) is 59.4 Å². The molecule has 2 aliphatic rings. The summed E-state index contributed by atoms with van der Waals surface area (Å²) in [5.74, 6) is -2.05. The molecule has 0 fully saturated rings. The molecule has 200 valence electrons. The first-order chi connectivity index (χ1) is 19.2. The van der Waals surface area contributed by atoms with Crippen LogP contribution >= 0.6 is 0 Å². The minimum atomic E-state index is -2.05. The Kier molecular flexibility index (Phi) is 5.47. The number of esters is 2. The van der Waals surface area contributed by atoms with Crippen molar-refractivity contribution in [2.24, 2.45) is 0 Å². The third kappa shape index (κ3) is 3.47. The highest BCUT2D eigenvalue weighted by Gasteiger charge is 2.51. The average Bonchev–Trinajstić information content (AvgIpc) is 3.30. The molecule has 13 heteroatoms. The minimum absolute atomic E-state index is 0.0782. The summed E-state index contributed by atoms with van der Waals surface area (Å²) >= 11 is 0. The lowest BCUT2D eigenvalue weighted by Crippen LogP contribution is -2.47. The molecule has 2 aromatic heterocycles. The van der Waals surface area contributed by atoms with E-state index in [1.54, 1.807) is 19.1 Å². The standard InChI is InChI=1S/C27H18N4O9/c1-2-27(40-25(33)15-6-3-4-8-20(15)30(35)36)18-11-22-23-14(12-29(22)24(32)17(18)13-39-26(27)34)10-16-19(28-23)7-5-9-21(16)31(37)38/h3-11H,2,12-13H2,1H3/t27-/m0/s1. The summed E-state index contributed by atoms with van der Waals surface area (Å²) in [5, 5.41) is 23.3. The lowest BCUT2D eigenvalue weighted by Gasteiger charge is -2.35. The molecular formula is C27H18N4O9. The second-order valence-electron chi connectivity index (χ2n) is 9.33. The number of fused-ring (bicyclic) bond motifs is 5. The van der Waals surface area contributed by atoms with Crippen molar-refractivity contribution in [1.29, 1.82) is 0 Å². The minimum Gasteiger partial charge on any atom is -0.457 e. The molecule has 4 heterocycles. The number of cyclic esters (lactones) is 1. The maximum absolute atomic E-state index is 13.7. The number of para-hydroxylation sites is 1. The van der Waals surface area contributed by atoms with E-state index in [0.717, 1.165) is 6.07 Å². The topological polar surface area (TPSA) is 174 Å². The molecule has 0 bridgehead atoms. The van der Waals surface area contributed by atoms with Gasteiger partial charge in [-0.3, -0.25) is 25.0 Å². The van der Waals surface area contributed by atoms with Crippen LogP contribution in [-0.4, -0.2) is 31.3 Å². The number of hydrogen-bond donors (Lipinski definition) is 0. The molecule has 0 saturated carbocycles. The first kappa shape index (κ1) is 24.9. The van der Waals surface area contributed by atoms with Gasteiger partial charge in [-0.1, -0.05) is 25.1 Å². The monoisotopic (exact) mass is 542 g/mol. The molecule has 0 saturated heterocycles. The molecule has 0 spiro atoms. The number of pyridine rings is 2. The van der Waals surface area contributed by atoms with Gasteiger partial charge in [-0.2, -0.15) is 0 Å². The van der Waals surface area contributed by atoms with E-state index in [9.17, 15) is 34.6 Å². The maximum atomic E-state index is 13.7. The Morgan fingerprint density at radius 3 is 2.52 bits per heavy atom.